The Morgan fingerprint density at radius 2 is 2.14 bits per heavy atom. The lowest BCUT2D eigenvalue weighted by molar-refractivity contribution is -0.117. The third-order valence-corrected chi connectivity index (χ3v) is 3.55. The number of rotatable bonds is 6. The maximum absolute atomic E-state index is 11.8. The molecule has 0 saturated heterocycles. The first-order valence-electron chi connectivity index (χ1n) is 6.98. The topological polar surface area (TPSA) is 62.2 Å². The summed E-state index contributed by atoms with van der Waals surface area (Å²) >= 11 is 5.69. The second kappa shape index (κ2) is 7.57. The standard InChI is InChI=1S/C16H23ClN2O2/c1-11(2)15(21)16(3,4)10-19-14(20)8-6-12-5-7-13(17)18-9-12/h5-9,11,15,21H,10H2,1-4H3,(H,19,20)/b8-6+. The minimum absolute atomic E-state index is 0.146. The molecule has 1 rings (SSSR count). The molecular formula is C16H23ClN2O2. The molecular weight excluding hydrogens is 288 g/mol. The van der Waals surface area contributed by atoms with Gasteiger partial charge in [-0.2, -0.15) is 0 Å². The first-order chi connectivity index (χ1) is 9.72. The van der Waals surface area contributed by atoms with Gasteiger partial charge in [0.15, 0.2) is 0 Å². The second-order valence-corrected chi connectivity index (χ2v) is 6.53. The Balaban J connectivity index is 2.52. The van der Waals surface area contributed by atoms with E-state index in [0.29, 0.717) is 11.7 Å². The van der Waals surface area contributed by atoms with Gasteiger partial charge in [-0.25, -0.2) is 4.98 Å². The molecule has 0 spiro atoms. The lowest BCUT2D eigenvalue weighted by Gasteiger charge is -2.33. The quantitative estimate of drug-likeness (QED) is 0.627. The van der Waals surface area contributed by atoms with E-state index in [1.54, 1.807) is 24.4 Å². The van der Waals surface area contributed by atoms with Crippen molar-refractivity contribution in [1.82, 2.24) is 10.3 Å². The molecule has 1 unspecified atom stereocenters. The number of nitrogens with zero attached hydrogens (tertiary/aromatic N) is 1. The SMILES string of the molecule is CC(C)C(O)C(C)(C)CNC(=O)/C=C/c1ccc(Cl)nc1. The Labute approximate surface area is 131 Å². The summed E-state index contributed by atoms with van der Waals surface area (Å²) in [7, 11) is 0. The molecule has 1 amide bonds. The number of carbonyl (C=O) groups is 1. The Hall–Kier alpha value is -1.39. The van der Waals surface area contributed by atoms with Gasteiger partial charge in [0.1, 0.15) is 5.15 Å². The van der Waals surface area contributed by atoms with E-state index in [4.69, 9.17) is 11.6 Å². The number of carbonyl (C=O) groups excluding carboxylic acids is 1. The van der Waals surface area contributed by atoms with Crippen LogP contribution in [-0.2, 0) is 4.79 Å². The Morgan fingerprint density at radius 3 is 2.67 bits per heavy atom. The van der Waals surface area contributed by atoms with Gasteiger partial charge < -0.3 is 10.4 Å². The number of aliphatic hydroxyl groups is 1. The number of hydrogen-bond donors (Lipinski definition) is 2. The summed E-state index contributed by atoms with van der Waals surface area (Å²) in [6.07, 6.45) is 4.24. The monoisotopic (exact) mass is 310 g/mol. The average Bonchev–Trinajstić information content (AvgIpc) is 2.43. The van der Waals surface area contributed by atoms with Crippen LogP contribution in [0, 0.1) is 11.3 Å². The molecule has 0 fully saturated rings. The fourth-order valence-electron chi connectivity index (χ4n) is 2.04. The van der Waals surface area contributed by atoms with Crippen LogP contribution >= 0.6 is 11.6 Å². The number of nitrogens with one attached hydrogen (secondary N) is 1. The minimum atomic E-state index is -0.470. The number of amides is 1. The number of pyridine rings is 1. The third kappa shape index (κ3) is 5.86. The van der Waals surface area contributed by atoms with Crippen molar-refractivity contribution in [3.63, 3.8) is 0 Å². The van der Waals surface area contributed by atoms with Gasteiger partial charge in [-0.05, 0) is 23.6 Å². The zero-order chi connectivity index (χ0) is 16.0. The number of hydrogen-bond acceptors (Lipinski definition) is 3. The van der Waals surface area contributed by atoms with Gasteiger partial charge >= 0.3 is 0 Å². The van der Waals surface area contributed by atoms with Crippen LogP contribution in [0.15, 0.2) is 24.4 Å². The molecule has 0 aliphatic carbocycles. The smallest absolute Gasteiger partial charge is 0.244 e. The van der Waals surface area contributed by atoms with E-state index in [0.717, 1.165) is 5.56 Å². The summed E-state index contributed by atoms with van der Waals surface area (Å²) in [4.78, 5) is 15.7. The highest BCUT2D eigenvalue weighted by Gasteiger charge is 2.30. The lowest BCUT2D eigenvalue weighted by atomic mass is 9.81. The minimum Gasteiger partial charge on any atom is -0.392 e. The third-order valence-electron chi connectivity index (χ3n) is 3.33. The highest BCUT2D eigenvalue weighted by atomic mass is 35.5. The van der Waals surface area contributed by atoms with Crippen molar-refractivity contribution in [1.29, 1.82) is 0 Å². The first kappa shape index (κ1) is 17.7. The highest BCUT2D eigenvalue weighted by molar-refractivity contribution is 6.29. The second-order valence-electron chi connectivity index (χ2n) is 6.14. The van der Waals surface area contributed by atoms with Crippen LogP contribution in [0.25, 0.3) is 6.08 Å². The van der Waals surface area contributed by atoms with Gasteiger partial charge in [-0.15, -0.1) is 0 Å². The van der Waals surface area contributed by atoms with Crippen LogP contribution < -0.4 is 5.32 Å². The number of aromatic nitrogens is 1. The summed E-state index contributed by atoms with van der Waals surface area (Å²) in [5.74, 6) is -0.0541. The summed E-state index contributed by atoms with van der Waals surface area (Å²) < 4.78 is 0. The van der Waals surface area contributed by atoms with Gasteiger partial charge in [0.2, 0.25) is 5.91 Å². The summed E-state index contributed by atoms with van der Waals surface area (Å²) in [5, 5.41) is 13.3. The molecule has 0 saturated carbocycles. The van der Waals surface area contributed by atoms with Gasteiger partial charge in [0.05, 0.1) is 6.10 Å². The maximum atomic E-state index is 11.8. The molecule has 0 bridgehead atoms. The van der Waals surface area contributed by atoms with Crippen molar-refractivity contribution in [2.75, 3.05) is 6.54 Å². The van der Waals surface area contributed by atoms with Crippen molar-refractivity contribution < 1.29 is 9.90 Å². The largest absolute Gasteiger partial charge is 0.392 e. The summed E-state index contributed by atoms with van der Waals surface area (Å²) in [6.45, 7) is 8.20. The Kier molecular flexibility index (Phi) is 6.37. The molecule has 5 heteroatoms. The molecule has 0 aromatic carbocycles. The van der Waals surface area contributed by atoms with Crippen LogP contribution in [0.1, 0.15) is 33.3 Å². The van der Waals surface area contributed by atoms with E-state index in [2.05, 4.69) is 10.3 Å². The molecule has 2 N–H and O–H groups in total. The van der Waals surface area contributed by atoms with Crippen LogP contribution in [0.2, 0.25) is 5.15 Å². The van der Waals surface area contributed by atoms with Gasteiger partial charge in [0.25, 0.3) is 0 Å². The Bertz CT molecular complexity index is 496. The summed E-state index contributed by atoms with van der Waals surface area (Å²) in [6, 6.07) is 3.45. The predicted octanol–water partition coefficient (Wildman–Crippen LogP) is 2.91. The van der Waals surface area contributed by atoms with Crippen LogP contribution in [0.4, 0.5) is 0 Å². The number of halogens is 1. The predicted molar refractivity (Wildman–Crippen MR) is 85.9 cm³/mol. The molecule has 4 nitrogen and oxygen atoms in total. The molecule has 21 heavy (non-hydrogen) atoms. The van der Waals surface area contributed by atoms with E-state index in [1.807, 2.05) is 27.7 Å². The highest BCUT2D eigenvalue weighted by Crippen LogP contribution is 2.25. The van der Waals surface area contributed by atoms with Gasteiger partial charge in [-0.3, -0.25) is 4.79 Å². The van der Waals surface area contributed by atoms with Gasteiger partial charge in [-0.1, -0.05) is 45.4 Å². The molecule has 116 valence electrons. The van der Waals surface area contributed by atoms with Crippen molar-refractivity contribution in [3.05, 3.63) is 35.1 Å². The molecule has 0 radical (unpaired) electrons. The van der Waals surface area contributed by atoms with Crippen molar-refractivity contribution in [3.8, 4) is 0 Å². The van der Waals surface area contributed by atoms with Crippen LogP contribution in [-0.4, -0.2) is 28.6 Å². The van der Waals surface area contributed by atoms with E-state index in [9.17, 15) is 9.90 Å². The molecule has 0 aliphatic rings. The summed E-state index contributed by atoms with van der Waals surface area (Å²) in [5.41, 5.74) is 0.426. The van der Waals surface area contributed by atoms with Crippen LogP contribution in [0.5, 0.6) is 0 Å². The zero-order valence-electron chi connectivity index (χ0n) is 12.9. The van der Waals surface area contributed by atoms with E-state index in [-0.39, 0.29) is 17.2 Å². The lowest BCUT2D eigenvalue weighted by Crippen LogP contribution is -2.43. The van der Waals surface area contributed by atoms with E-state index >= 15 is 0 Å². The Morgan fingerprint density at radius 1 is 1.48 bits per heavy atom. The molecule has 0 aliphatic heterocycles. The normalized spacial score (nSPS) is 13.7. The van der Waals surface area contributed by atoms with Gasteiger partial charge in [0, 0.05) is 24.2 Å². The van der Waals surface area contributed by atoms with Crippen LogP contribution in [0.3, 0.4) is 0 Å². The van der Waals surface area contributed by atoms with E-state index < -0.39 is 6.10 Å². The molecule has 1 atom stereocenters. The van der Waals surface area contributed by atoms with Crippen molar-refractivity contribution >= 4 is 23.6 Å². The van der Waals surface area contributed by atoms with Crippen molar-refractivity contribution in [2.24, 2.45) is 11.3 Å². The fraction of sp³-hybridized carbons (Fsp3) is 0.500. The first-order valence-corrected chi connectivity index (χ1v) is 7.35. The molecule has 1 heterocycles. The van der Waals surface area contributed by atoms with Crippen molar-refractivity contribution in [2.45, 2.75) is 33.8 Å². The molecule has 1 aromatic rings. The maximum Gasteiger partial charge on any atom is 0.244 e. The number of aliphatic hydroxyl groups excluding tert-OH is 1. The molecule has 1 aromatic heterocycles. The average molecular weight is 311 g/mol. The zero-order valence-corrected chi connectivity index (χ0v) is 13.7. The van der Waals surface area contributed by atoms with E-state index in [1.165, 1.54) is 6.08 Å². The fourth-order valence-corrected chi connectivity index (χ4v) is 2.15.